The first kappa shape index (κ1) is 19.2. The van der Waals surface area contributed by atoms with Gasteiger partial charge in [0.2, 0.25) is 15.9 Å². The van der Waals surface area contributed by atoms with E-state index in [0.717, 1.165) is 11.1 Å². The van der Waals surface area contributed by atoms with E-state index in [9.17, 15) is 13.2 Å². The molecule has 25 heavy (non-hydrogen) atoms. The third-order valence-electron chi connectivity index (χ3n) is 3.31. The number of benzene rings is 2. The first-order valence-electron chi connectivity index (χ1n) is 7.67. The largest absolute Gasteiger partial charge is 0.351 e. The number of nitrogens with one attached hydrogen (secondary N) is 2. The monoisotopic (exact) mass is 378 g/mol. The van der Waals surface area contributed by atoms with Crippen LogP contribution < -0.4 is 10.0 Å². The fourth-order valence-corrected chi connectivity index (χ4v) is 3.00. The van der Waals surface area contributed by atoms with E-state index in [0.29, 0.717) is 5.02 Å². The van der Waals surface area contributed by atoms with Crippen LogP contribution in [0.4, 0.5) is 0 Å². The van der Waals surface area contributed by atoms with Gasteiger partial charge in [-0.05, 0) is 29.3 Å². The Morgan fingerprint density at radius 2 is 1.72 bits per heavy atom. The Labute approximate surface area is 152 Å². The van der Waals surface area contributed by atoms with Gasteiger partial charge in [-0.1, -0.05) is 54.1 Å². The van der Waals surface area contributed by atoms with Crippen LogP contribution in [-0.4, -0.2) is 26.6 Å². The molecule has 0 aliphatic carbocycles. The summed E-state index contributed by atoms with van der Waals surface area (Å²) in [6.45, 7) is 0.265. The summed E-state index contributed by atoms with van der Waals surface area (Å²) < 4.78 is 26.3. The highest BCUT2D eigenvalue weighted by Gasteiger charge is 2.10. The minimum absolute atomic E-state index is 0.0356. The van der Waals surface area contributed by atoms with Crippen molar-refractivity contribution in [2.75, 3.05) is 12.3 Å². The quantitative estimate of drug-likeness (QED) is 0.693. The van der Waals surface area contributed by atoms with Crippen molar-refractivity contribution in [3.63, 3.8) is 0 Å². The number of hydrogen-bond donors (Lipinski definition) is 2. The van der Waals surface area contributed by atoms with Gasteiger partial charge in [0.1, 0.15) is 0 Å². The van der Waals surface area contributed by atoms with Crippen molar-refractivity contribution in [3.8, 4) is 0 Å². The van der Waals surface area contributed by atoms with Crippen LogP contribution in [0.3, 0.4) is 0 Å². The van der Waals surface area contributed by atoms with E-state index in [-0.39, 0.29) is 24.7 Å². The van der Waals surface area contributed by atoms with Crippen molar-refractivity contribution in [1.29, 1.82) is 0 Å². The molecule has 2 rings (SSSR count). The molecule has 0 radical (unpaired) electrons. The van der Waals surface area contributed by atoms with E-state index in [1.165, 1.54) is 6.08 Å². The first-order valence-corrected chi connectivity index (χ1v) is 9.70. The predicted octanol–water partition coefficient (Wildman–Crippen LogP) is 2.59. The summed E-state index contributed by atoms with van der Waals surface area (Å²) in [5.74, 6) is -0.534. The van der Waals surface area contributed by atoms with Gasteiger partial charge in [-0.15, -0.1) is 0 Å². The van der Waals surface area contributed by atoms with Gasteiger partial charge in [0, 0.05) is 24.2 Å². The van der Waals surface area contributed by atoms with Crippen LogP contribution in [0.5, 0.6) is 0 Å². The summed E-state index contributed by atoms with van der Waals surface area (Å²) in [5, 5.41) is 3.17. The lowest BCUT2D eigenvalue weighted by Crippen LogP contribution is -2.33. The molecule has 0 heterocycles. The van der Waals surface area contributed by atoms with Crippen molar-refractivity contribution < 1.29 is 13.2 Å². The molecule has 0 bridgehead atoms. The van der Waals surface area contributed by atoms with Crippen LogP contribution >= 0.6 is 11.6 Å². The molecule has 0 aliphatic heterocycles. The molecule has 0 atom stereocenters. The Morgan fingerprint density at radius 1 is 1.04 bits per heavy atom. The third kappa shape index (κ3) is 7.51. The van der Waals surface area contributed by atoms with Gasteiger partial charge < -0.3 is 5.32 Å². The zero-order valence-corrected chi connectivity index (χ0v) is 15.1. The van der Waals surface area contributed by atoms with Gasteiger partial charge in [-0.3, -0.25) is 4.79 Å². The van der Waals surface area contributed by atoms with Crippen LogP contribution in [0.15, 0.2) is 60.7 Å². The Bertz CT molecular complexity index is 819. The molecular weight excluding hydrogens is 360 g/mol. The van der Waals surface area contributed by atoms with Gasteiger partial charge in [0.25, 0.3) is 0 Å². The summed E-state index contributed by atoms with van der Waals surface area (Å²) in [6, 6.07) is 16.2. The normalized spacial score (nSPS) is 11.6. The number of carbonyl (C=O) groups is 1. The topological polar surface area (TPSA) is 75.3 Å². The van der Waals surface area contributed by atoms with Crippen LogP contribution in [0.1, 0.15) is 11.1 Å². The van der Waals surface area contributed by atoms with Crippen LogP contribution in [0.2, 0.25) is 5.02 Å². The van der Waals surface area contributed by atoms with Gasteiger partial charge >= 0.3 is 0 Å². The minimum Gasteiger partial charge on any atom is -0.351 e. The van der Waals surface area contributed by atoms with E-state index in [4.69, 9.17) is 11.6 Å². The van der Waals surface area contributed by atoms with Gasteiger partial charge in [-0.2, -0.15) is 0 Å². The molecule has 0 aliphatic rings. The van der Waals surface area contributed by atoms with Gasteiger partial charge in [-0.25, -0.2) is 13.1 Å². The molecule has 7 heteroatoms. The Morgan fingerprint density at radius 3 is 2.40 bits per heavy atom. The predicted molar refractivity (Wildman–Crippen MR) is 101 cm³/mol. The van der Waals surface area contributed by atoms with Crippen molar-refractivity contribution >= 4 is 33.6 Å². The lowest BCUT2D eigenvalue weighted by atomic mass is 10.2. The molecule has 132 valence electrons. The van der Waals surface area contributed by atoms with Gasteiger partial charge in [0.05, 0.1) is 5.75 Å². The SMILES string of the molecule is O=C(C=Cc1ccc(Cl)cc1)NCCS(=O)(=O)NCc1ccccc1. The van der Waals surface area contributed by atoms with E-state index in [2.05, 4.69) is 10.0 Å². The van der Waals surface area contributed by atoms with E-state index in [1.54, 1.807) is 30.3 Å². The highest BCUT2D eigenvalue weighted by molar-refractivity contribution is 7.89. The summed E-state index contributed by atoms with van der Waals surface area (Å²) in [7, 11) is -3.45. The number of rotatable bonds is 8. The number of hydrogen-bond acceptors (Lipinski definition) is 3. The fraction of sp³-hybridized carbons (Fsp3) is 0.167. The molecule has 0 aromatic heterocycles. The molecule has 5 nitrogen and oxygen atoms in total. The molecular formula is C18H19ClN2O3S. The number of sulfonamides is 1. The van der Waals surface area contributed by atoms with E-state index < -0.39 is 10.0 Å². The minimum atomic E-state index is -3.45. The summed E-state index contributed by atoms with van der Waals surface area (Å²) in [5.41, 5.74) is 1.71. The number of amides is 1. The van der Waals surface area contributed by atoms with Crippen LogP contribution in [0.25, 0.3) is 6.08 Å². The van der Waals surface area contributed by atoms with Crippen LogP contribution in [-0.2, 0) is 21.4 Å². The Hall–Kier alpha value is -2.15. The molecule has 0 saturated carbocycles. The Balaban J connectivity index is 1.73. The molecule has 0 saturated heterocycles. The Kier molecular flexibility index (Phi) is 7.18. The molecule has 0 fully saturated rings. The molecule has 0 spiro atoms. The average molecular weight is 379 g/mol. The first-order chi connectivity index (χ1) is 11.9. The summed E-state index contributed by atoms with van der Waals surface area (Å²) in [4.78, 5) is 11.7. The second-order valence-electron chi connectivity index (χ2n) is 5.30. The standard InChI is InChI=1S/C18H19ClN2O3S/c19-17-9-6-15(7-10-17)8-11-18(22)20-12-13-25(23,24)21-14-16-4-2-1-3-5-16/h1-11,21H,12-14H2,(H,20,22). The highest BCUT2D eigenvalue weighted by atomic mass is 35.5. The molecule has 2 N–H and O–H groups in total. The molecule has 0 unspecified atom stereocenters. The van der Waals surface area contributed by atoms with Crippen molar-refractivity contribution in [1.82, 2.24) is 10.0 Å². The summed E-state index contributed by atoms with van der Waals surface area (Å²) >= 11 is 5.78. The van der Waals surface area contributed by atoms with Crippen molar-refractivity contribution in [2.24, 2.45) is 0 Å². The molecule has 2 aromatic rings. The van der Waals surface area contributed by atoms with Crippen LogP contribution in [0, 0.1) is 0 Å². The van der Waals surface area contributed by atoms with E-state index in [1.807, 2.05) is 30.3 Å². The maximum atomic E-state index is 11.9. The zero-order chi connectivity index (χ0) is 18.1. The summed E-state index contributed by atoms with van der Waals surface area (Å²) in [6.07, 6.45) is 2.99. The van der Waals surface area contributed by atoms with E-state index >= 15 is 0 Å². The zero-order valence-electron chi connectivity index (χ0n) is 13.5. The molecule has 2 aromatic carbocycles. The average Bonchev–Trinajstić information content (AvgIpc) is 2.60. The maximum Gasteiger partial charge on any atom is 0.244 e. The fourth-order valence-electron chi connectivity index (χ4n) is 1.97. The highest BCUT2D eigenvalue weighted by Crippen LogP contribution is 2.10. The van der Waals surface area contributed by atoms with Crippen molar-refractivity contribution in [2.45, 2.75) is 6.54 Å². The number of halogens is 1. The van der Waals surface area contributed by atoms with Crippen molar-refractivity contribution in [3.05, 3.63) is 76.8 Å². The second-order valence-corrected chi connectivity index (χ2v) is 7.66. The molecule has 1 amide bonds. The lowest BCUT2D eigenvalue weighted by Gasteiger charge is -2.07. The third-order valence-corrected chi connectivity index (χ3v) is 4.88. The number of carbonyl (C=O) groups excluding carboxylic acids is 1. The second kappa shape index (κ2) is 9.36. The van der Waals surface area contributed by atoms with Gasteiger partial charge in [0.15, 0.2) is 0 Å². The smallest absolute Gasteiger partial charge is 0.244 e. The maximum absolute atomic E-state index is 11.9. The lowest BCUT2D eigenvalue weighted by molar-refractivity contribution is -0.116.